The molecule has 0 saturated heterocycles. The van der Waals surface area contributed by atoms with E-state index in [1.807, 2.05) is 18.2 Å². The Morgan fingerprint density at radius 1 is 0.950 bits per heavy atom. The van der Waals surface area contributed by atoms with Crippen LogP contribution in [-0.4, -0.2) is 5.33 Å². The maximum Gasteiger partial charge on any atom is 0.129 e. The average molecular weight is 404 g/mol. The Labute approximate surface area is 134 Å². The molecular formula is C16H14Br2F2. The molecule has 0 nitrogen and oxygen atoms in total. The third kappa shape index (κ3) is 4.13. The van der Waals surface area contributed by atoms with Gasteiger partial charge < -0.3 is 0 Å². The minimum Gasteiger partial charge on any atom is -0.207 e. The Hall–Kier alpha value is -0.740. The van der Waals surface area contributed by atoms with Crippen LogP contribution >= 0.6 is 31.9 Å². The Bertz CT molecular complexity index is 584. The van der Waals surface area contributed by atoms with E-state index in [1.165, 1.54) is 17.7 Å². The van der Waals surface area contributed by atoms with Crippen molar-refractivity contribution in [2.45, 2.75) is 12.8 Å². The standard InChI is InChI=1S/C16H14Br2F2/c17-10-11(7-12-3-1-2-4-15(12)18)8-13-5-6-14(19)9-16(13)20/h1-6,9,11H,7-8,10H2. The molecule has 106 valence electrons. The molecule has 1 atom stereocenters. The molecule has 0 aromatic heterocycles. The maximum atomic E-state index is 13.7. The van der Waals surface area contributed by atoms with Gasteiger partial charge in [0, 0.05) is 15.9 Å². The van der Waals surface area contributed by atoms with E-state index in [2.05, 4.69) is 37.9 Å². The van der Waals surface area contributed by atoms with Crippen molar-refractivity contribution >= 4 is 31.9 Å². The van der Waals surface area contributed by atoms with E-state index in [9.17, 15) is 8.78 Å². The van der Waals surface area contributed by atoms with Crippen LogP contribution < -0.4 is 0 Å². The Balaban J connectivity index is 2.11. The van der Waals surface area contributed by atoms with Gasteiger partial charge in [-0.15, -0.1) is 0 Å². The molecule has 0 aliphatic rings. The second kappa shape index (κ2) is 7.32. The fourth-order valence-corrected chi connectivity index (χ4v) is 3.06. The molecule has 0 radical (unpaired) electrons. The van der Waals surface area contributed by atoms with E-state index >= 15 is 0 Å². The highest BCUT2D eigenvalue weighted by atomic mass is 79.9. The summed E-state index contributed by atoms with van der Waals surface area (Å²) in [6.07, 6.45) is 1.42. The summed E-state index contributed by atoms with van der Waals surface area (Å²) in [6, 6.07) is 11.8. The van der Waals surface area contributed by atoms with Gasteiger partial charge in [0.05, 0.1) is 0 Å². The largest absolute Gasteiger partial charge is 0.207 e. The molecule has 0 amide bonds. The number of hydrogen-bond acceptors (Lipinski definition) is 0. The first kappa shape index (κ1) is 15.6. The number of hydrogen-bond donors (Lipinski definition) is 0. The molecule has 0 aliphatic heterocycles. The molecule has 0 fully saturated rings. The molecule has 0 spiro atoms. The van der Waals surface area contributed by atoms with Crippen LogP contribution in [0.25, 0.3) is 0 Å². The molecule has 2 rings (SSSR count). The molecule has 2 aromatic rings. The lowest BCUT2D eigenvalue weighted by Crippen LogP contribution is -2.11. The van der Waals surface area contributed by atoms with Crippen molar-refractivity contribution in [3.63, 3.8) is 0 Å². The van der Waals surface area contributed by atoms with E-state index in [0.29, 0.717) is 12.0 Å². The summed E-state index contributed by atoms with van der Waals surface area (Å²) in [6.45, 7) is 0. The number of rotatable bonds is 5. The van der Waals surface area contributed by atoms with Crippen LogP contribution in [-0.2, 0) is 12.8 Å². The first-order chi connectivity index (χ1) is 9.60. The first-order valence-corrected chi connectivity index (χ1v) is 8.25. The Morgan fingerprint density at radius 2 is 1.65 bits per heavy atom. The quantitative estimate of drug-likeness (QED) is 0.576. The number of alkyl halides is 1. The van der Waals surface area contributed by atoms with Gasteiger partial charge in [0.1, 0.15) is 11.6 Å². The summed E-state index contributed by atoms with van der Waals surface area (Å²) in [5, 5.41) is 0.769. The first-order valence-electron chi connectivity index (χ1n) is 6.33. The van der Waals surface area contributed by atoms with Crippen molar-refractivity contribution in [1.29, 1.82) is 0 Å². The molecule has 4 heteroatoms. The number of halogens is 4. The summed E-state index contributed by atoms with van der Waals surface area (Å²) in [7, 11) is 0. The Kier molecular flexibility index (Phi) is 5.73. The zero-order valence-electron chi connectivity index (χ0n) is 10.8. The van der Waals surface area contributed by atoms with Gasteiger partial charge in [0.15, 0.2) is 0 Å². The minimum atomic E-state index is -0.535. The second-order valence-corrected chi connectivity index (χ2v) is 6.26. The molecule has 0 N–H and O–H groups in total. The molecule has 0 bridgehead atoms. The molecule has 1 unspecified atom stereocenters. The highest BCUT2D eigenvalue weighted by molar-refractivity contribution is 9.10. The summed E-state index contributed by atoms with van der Waals surface area (Å²) in [5.74, 6) is -0.746. The third-order valence-electron chi connectivity index (χ3n) is 3.21. The van der Waals surface area contributed by atoms with Crippen LogP contribution in [0.2, 0.25) is 0 Å². The van der Waals surface area contributed by atoms with Crippen LogP contribution in [0.4, 0.5) is 8.78 Å². The third-order valence-corrected chi connectivity index (χ3v) is 4.90. The van der Waals surface area contributed by atoms with Crippen LogP contribution in [0.5, 0.6) is 0 Å². The molecule has 0 saturated carbocycles. The van der Waals surface area contributed by atoms with Gasteiger partial charge >= 0.3 is 0 Å². The predicted molar refractivity (Wildman–Crippen MR) is 85.2 cm³/mol. The van der Waals surface area contributed by atoms with Crippen LogP contribution in [0.3, 0.4) is 0 Å². The maximum absolute atomic E-state index is 13.7. The van der Waals surface area contributed by atoms with Gasteiger partial charge in [0.2, 0.25) is 0 Å². The average Bonchev–Trinajstić information content (AvgIpc) is 2.43. The lowest BCUT2D eigenvalue weighted by Gasteiger charge is -2.15. The van der Waals surface area contributed by atoms with E-state index in [1.54, 1.807) is 0 Å². The monoisotopic (exact) mass is 402 g/mol. The van der Waals surface area contributed by atoms with Gasteiger partial charge in [-0.1, -0.05) is 56.1 Å². The zero-order valence-corrected chi connectivity index (χ0v) is 13.9. The molecule has 0 heterocycles. The van der Waals surface area contributed by atoms with Gasteiger partial charge in [-0.3, -0.25) is 0 Å². The fraction of sp³-hybridized carbons (Fsp3) is 0.250. The van der Waals surface area contributed by atoms with Gasteiger partial charge in [0.25, 0.3) is 0 Å². The van der Waals surface area contributed by atoms with E-state index < -0.39 is 11.6 Å². The molecular weight excluding hydrogens is 390 g/mol. The second-order valence-electron chi connectivity index (χ2n) is 4.76. The highest BCUT2D eigenvalue weighted by Gasteiger charge is 2.14. The molecule has 20 heavy (non-hydrogen) atoms. The van der Waals surface area contributed by atoms with Gasteiger partial charge in [-0.05, 0) is 42.0 Å². The fourth-order valence-electron chi connectivity index (χ4n) is 2.15. The summed E-state index contributed by atoms with van der Waals surface area (Å²) in [5.41, 5.74) is 1.75. The van der Waals surface area contributed by atoms with Crippen molar-refractivity contribution in [3.8, 4) is 0 Å². The van der Waals surface area contributed by atoms with Crippen LogP contribution in [0.1, 0.15) is 11.1 Å². The summed E-state index contributed by atoms with van der Waals surface area (Å²) < 4.78 is 27.7. The Morgan fingerprint density at radius 3 is 2.30 bits per heavy atom. The van der Waals surface area contributed by atoms with Crippen molar-refractivity contribution in [2.75, 3.05) is 5.33 Å². The smallest absolute Gasteiger partial charge is 0.129 e. The van der Waals surface area contributed by atoms with Crippen molar-refractivity contribution < 1.29 is 8.78 Å². The summed E-state index contributed by atoms with van der Waals surface area (Å²) in [4.78, 5) is 0. The van der Waals surface area contributed by atoms with E-state index in [0.717, 1.165) is 22.3 Å². The SMILES string of the molecule is Fc1ccc(CC(CBr)Cc2ccccc2Br)c(F)c1. The van der Waals surface area contributed by atoms with Gasteiger partial charge in [-0.2, -0.15) is 0 Å². The van der Waals surface area contributed by atoms with Crippen LogP contribution in [0, 0.1) is 17.6 Å². The number of benzene rings is 2. The van der Waals surface area contributed by atoms with Crippen molar-refractivity contribution in [3.05, 3.63) is 69.7 Å². The highest BCUT2D eigenvalue weighted by Crippen LogP contribution is 2.23. The van der Waals surface area contributed by atoms with Crippen molar-refractivity contribution in [1.82, 2.24) is 0 Å². The summed E-state index contributed by atoms with van der Waals surface area (Å²) >= 11 is 7.01. The van der Waals surface area contributed by atoms with Crippen molar-refractivity contribution in [2.24, 2.45) is 5.92 Å². The van der Waals surface area contributed by atoms with Crippen LogP contribution in [0.15, 0.2) is 46.9 Å². The lowest BCUT2D eigenvalue weighted by atomic mass is 9.94. The lowest BCUT2D eigenvalue weighted by molar-refractivity contribution is 0.536. The topological polar surface area (TPSA) is 0 Å². The van der Waals surface area contributed by atoms with E-state index in [-0.39, 0.29) is 5.92 Å². The normalized spacial score (nSPS) is 12.4. The van der Waals surface area contributed by atoms with Gasteiger partial charge in [-0.25, -0.2) is 8.78 Å². The molecule has 2 aromatic carbocycles. The van der Waals surface area contributed by atoms with E-state index in [4.69, 9.17) is 0 Å². The predicted octanol–water partition coefficient (Wildman–Crippen LogP) is 5.52. The molecule has 0 aliphatic carbocycles. The zero-order chi connectivity index (χ0) is 14.5. The minimum absolute atomic E-state index is 0.258.